The average molecular weight is 180 g/mol. The van der Waals surface area contributed by atoms with Crippen molar-refractivity contribution in [3.8, 4) is 0 Å². The van der Waals surface area contributed by atoms with Gasteiger partial charge in [0.05, 0.1) is 6.54 Å². The second-order valence-electron chi connectivity index (χ2n) is 2.83. The minimum atomic E-state index is -1.18. The lowest BCUT2D eigenvalue weighted by Gasteiger charge is -2.23. The minimum absolute atomic E-state index is 0.232. The number of carbonyl (C=O) groups excluding carboxylic acids is 1. The molecule has 68 valence electrons. The average Bonchev–Trinajstić information content (AvgIpc) is 2.52. The van der Waals surface area contributed by atoms with Crippen LogP contribution in [0.5, 0.6) is 0 Å². The molecule has 5 heteroatoms. The van der Waals surface area contributed by atoms with E-state index in [9.17, 15) is 9.59 Å². The van der Waals surface area contributed by atoms with E-state index in [0.29, 0.717) is 12.2 Å². The zero-order chi connectivity index (χ0) is 9.42. The molecule has 1 N–H and O–H groups in total. The van der Waals surface area contributed by atoms with Crippen LogP contribution < -0.4 is 0 Å². The molecular weight excluding hydrogens is 172 g/mol. The van der Waals surface area contributed by atoms with E-state index < -0.39 is 12.0 Å². The molecule has 0 saturated carbocycles. The number of aromatic nitrogens is 1. The summed E-state index contributed by atoms with van der Waals surface area (Å²) in [4.78, 5) is 22.9. The Hall–Kier alpha value is -1.78. The van der Waals surface area contributed by atoms with Crippen LogP contribution in [0.15, 0.2) is 18.3 Å². The summed E-state index contributed by atoms with van der Waals surface area (Å²) in [5, 5.41) is 8.67. The molecule has 0 radical (unpaired) electrons. The summed E-state index contributed by atoms with van der Waals surface area (Å²) in [6.07, 6.45) is 0.587. The molecule has 2 heterocycles. The monoisotopic (exact) mass is 180 g/mol. The Bertz CT molecular complexity index is 369. The van der Waals surface area contributed by atoms with Crippen LogP contribution in [0.2, 0.25) is 0 Å². The molecule has 0 saturated heterocycles. The van der Waals surface area contributed by atoms with E-state index in [1.54, 1.807) is 22.9 Å². The molecule has 13 heavy (non-hydrogen) atoms. The lowest BCUT2D eigenvalue weighted by Crippen LogP contribution is -2.42. The molecule has 1 aromatic rings. The van der Waals surface area contributed by atoms with Crippen molar-refractivity contribution in [2.75, 3.05) is 6.54 Å². The molecule has 0 bridgehead atoms. The highest BCUT2D eigenvalue weighted by Crippen LogP contribution is 2.12. The van der Waals surface area contributed by atoms with Crippen molar-refractivity contribution in [3.05, 3.63) is 24.0 Å². The van der Waals surface area contributed by atoms with Crippen molar-refractivity contribution >= 4 is 12.0 Å². The van der Waals surface area contributed by atoms with Crippen LogP contribution >= 0.6 is 0 Å². The number of fused-ring (bicyclic) bond motifs is 1. The summed E-state index contributed by atoms with van der Waals surface area (Å²) in [6, 6.07) is 3.36. The summed E-state index contributed by atoms with van der Waals surface area (Å²) in [5.41, 5.74) is 0.439. The summed E-state index contributed by atoms with van der Waals surface area (Å²) >= 11 is 0. The van der Waals surface area contributed by atoms with Gasteiger partial charge in [0.2, 0.25) is 0 Å². The summed E-state index contributed by atoms with van der Waals surface area (Å²) < 4.78 is 1.75. The Labute approximate surface area is 74.2 Å². The van der Waals surface area contributed by atoms with Crippen molar-refractivity contribution < 1.29 is 14.7 Å². The van der Waals surface area contributed by atoms with Crippen molar-refractivity contribution in [2.45, 2.75) is 6.54 Å². The van der Waals surface area contributed by atoms with Gasteiger partial charge in [-0.05, 0) is 12.1 Å². The smallest absolute Gasteiger partial charge is 0.414 e. The summed E-state index contributed by atoms with van der Waals surface area (Å²) in [6.45, 7) is 0.774. The minimum Gasteiger partial charge on any atom is -0.465 e. The Balaban J connectivity index is 2.38. The predicted molar refractivity (Wildman–Crippen MR) is 43.5 cm³/mol. The van der Waals surface area contributed by atoms with Crippen LogP contribution in [0.4, 0.5) is 4.79 Å². The van der Waals surface area contributed by atoms with Gasteiger partial charge in [0.15, 0.2) is 0 Å². The highest BCUT2D eigenvalue weighted by atomic mass is 16.4. The van der Waals surface area contributed by atoms with E-state index in [0.717, 1.165) is 4.90 Å². The fourth-order valence-corrected chi connectivity index (χ4v) is 1.43. The van der Waals surface area contributed by atoms with Gasteiger partial charge in [-0.3, -0.25) is 4.79 Å². The van der Waals surface area contributed by atoms with E-state index in [4.69, 9.17) is 5.11 Å². The van der Waals surface area contributed by atoms with Gasteiger partial charge >= 0.3 is 6.09 Å². The van der Waals surface area contributed by atoms with Gasteiger partial charge in [-0.25, -0.2) is 9.69 Å². The van der Waals surface area contributed by atoms with Crippen LogP contribution in [0.3, 0.4) is 0 Å². The molecule has 5 nitrogen and oxygen atoms in total. The first kappa shape index (κ1) is 7.85. The van der Waals surface area contributed by atoms with E-state index in [1.165, 1.54) is 0 Å². The molecule has 1 aromatic heterocycles. The van der Waals surface area contributed by atoms with Crippen molar-refractivity contribution in [1.29, 1.82) is 0 Å². The SMILES string of the molecule is O=C(O)N1CCn2cccc2C1=O. The third-order valence-corrected chi connectivity index (χ3v) is 2.09. The first-order chi connectivity index (χ1) is 6.20. The van der Waals surface area contributed by atoms with E-state index in [1.807, 2.05) is 0 Å². The molecule has 1 aliphatic rings. The Kier molecular flexibility index (Phi) is 1.58. The number of carbonyl (C=O) groups is 2. The number of nitrogens with zero attached hydrogens (tertiary/aromatic N) is 2. The normalized spacial score (nSPS) is 15.7. The number of carboxylic acid groups (broad SMARTS) is 1. The van der Waals surface area contributed by atoms with E-state index in [-0.39, 0.29) is 6.54 Å². The zero-order valence-electron chi connectivity index (χ0n) is 6.80. The highest BCUT2D eigenvalue weighted by molar-refractivity contribution is 6.02. The second-order valence-corrected chi connectivity index (χ2v) is 2.83. The molecule has 2 amide bonds. The largest absolute Gasteiger partial charge is 0.465 e. The van der Waals surface area contributed by atoms with Gasteiger partial charge in [-0.15, -0.1) is 0 Å². The van der Waals surface area contributed by atoms with Gasteiger partial charge in [-0.2, -0.15) is 0 Å². The molecule has 2 rings (SSSR count). The molecule has 0 aromatic carbocycles. The number of imide groups is 1. The lowest BCUT2D eigenvalue weighted by molar-refractivity contribution is 0.0694. The van der Waals surface area contributed by atoms with Gasteiger partial charge < -0.3 is 9.67 Å². The fourth-order valence-electron chi connectivity index (χ4n) is 1.43. The number of hydrogen-bond donors (Lipinski definition) is 1. The number of amides is 2. The standard InChI is InChI=1S/C8H8N2O3/c11-7-6-2-1-3-9(6)4-5-10(7)8(12)13/h1-3H,4-5H2,(H,12,13). The molecule has 0 atom stereocenters. The molecule has 0 spiro atoms. The summed E-state index contributed by atoms with van der Waals surface area (Å²) in [5.74, 6) is -0.441. The highest BCUT2D eigenvalue weighted by Gasteiger charge is 2.28. The molecular formula is C8H8N2O3. The van der Waals surface area contributed by atoms with Gasteiger partial charge in [0.1, 0.15) is 5.69 Å². The second kappa shape index (κ2) is 2.62. The summed E-state index contributed by atoms with van der Waals surface area (Å²) in [7, 11) is 0. The van der Waals surface area contributed by atoms with Crippen molar-refractivity contribution in [1.82, 2.24) is 9.47 Å². The maximum absolute atomic E-state index is 11.4. The van der Waals surface area contributed by atoms with Crippen LogP contribution in [0.1, 0.15) is 10.5 Å². The van der Waals surface area contributed by atoms with E-state index >= 15 is 0 Å². The predicted octanol–water partition coefficient (Wildman–Crippen LogP) is 0.622. The lowest BCUT2D eigenvalue weighted by atomic mass is 10.3. The quantitative estimate of drug-likeness (QED) is 0.636. The third-order valence-electron chi connectivity index (χ3n) is 2.09. The topological polar surface area (TPSA) is 62.5 Å². The maximum atomic E-state index is 11.4. The first-order valence-corrected chi connectivity index (χ1v) is 3.90. The van der Waals surface area contributed by atoms with Crippen molar-refractivity contribution in [2.24, 2.45) is 0 Å². The van der Waals surface area contributed by atoms with Crippen LogP contribution in [0.25, 0.3) is 0 Å². The van der Waals surface area contributed by atoms with E-state index in [2.05, 4.69) is 0 Å². The fraction of sp³-hybridized carbons (Fsp3) is 0.250. The van der Waals surface area contributed by atoms with Crippen LogP contribution in [0, 0.1) is 0 Å². The van der Waals surface area contributed by atoms with Crippen molar-refractivity contribution in [3.63, 3.8) is 0 Å². The van der Waals surface area contributed by atoms with Gasteiger partial charge in [0.25, 0.3) is 5.91 Å². The first-order valence-electron chi connectivity index (χ1n) is 3.90. The van der Waals surface area contributed by atoms with Gasteiger partial charge in [0, 0.05) is 12.7 Å². The Morgan fingerprint density at radius 2 is 2.23 bits per heavy atom. The molecule has 0 aliphatic carbocycles. The third kappa shape index (κ3) is 1.09. The molecule has 0 fully saturated rings. The van der Waals surface area contributed by atoms with Gasteiger partial charge in [-0.1, -0.05) is 0 Å². The Morgan fingerprint density at radius 3 is 2.92 bits per heavy atom. The Morgan fingerprint density at radius 1 is 1.46 bits per heavy atom. The number of hydrogen-bond acceptors (Lipinski definition) is 2. The number of rotatable bonds is 0. The molecule has 0 unspecified atom stereocenters. The van der Waals surface area contributed by atoms with Crippen LogP contribution in [-0.4, -0.2) is 33.1 Å². The van der Waals surface area contributed by atoms with Crippen LogP contribution in [-0.2, 0) is 6.54 Å². The zero-order valence-corrected chi connectivity index (χ0v) is 6.80. The maximum Gasteiger partial charge on any atom is 0.414 e. The molecule has 1 aliphatic heterocycles.